The van der Waals surface area contributed by atoms with E-state index in [1.54, 1.807) is 24.7 Å². The van der Waals surface area contributed by atoms with Gasteiger partial charge in [-0.15, -0.1) is 0 Å². The predicted octanol–water partition coefficient (Wildman–Crippen LogP) is 5.92. The van der Waals surface area contributed by atoms with Gasteiger partial charge in [0.2, 0.25) is 5.91 Å². The molecule has 0 aliphatic carbocycles. The molecule has 2 heterocycles. The second-order valence-corrected chi connectivity index (χ2v) is 7.70. The van der Waals surface area contributed by atoms with E-state index in [9.17, 15) is 4.79 Å². The maximum Gasteiger partial charge on any atom is 0.244 e. The predicted molar refractivity (Wildman–Crippen MR) is 127 cm³/mol. The van der Waals surface area contributed by atoms with Crippen molar-refractivity contribution in [3.63, 3.8) is 0 Å². The second-order valence-electron chi connectivity index (χ2n) is 7.70. The van der Waals surface area contributed by atoms with Gasteiger partial charge in [0.15, 0.2) is 0 Å². The van der Waals surface area contributed by atoms with Gasteiger partial charge in [-0.2, -0.15) is 0 Å². The number of aryl methyl sites for hydroxylation is 1. The number of nitrogens with zero attached hydrogens (tertiary/aromatic N) is 1. The number of hydrogen-bond donors (Lipinski definition) is 1. The molecule has 32 heavy (non-hydrogen) atoms. The maximum absolute atomic E-state index is 12.5. The highest BCUT2D eigenvalue weighted by Crippen LogP contribution is 2.37. The van der Waals surface area contributed by atoms with Crippen LogP contribution in [-0.4, -0.2) is 17.5 Å². The van der Waals surface area contributed by atoms with E-state index in [1.807, 2.05) is 38.1 Å². The van der Waals surface area contributed by atoms with E-state index >= 15 is 0 Å². The molecule has 4 rings (SSSR count). The lowest BCUT2D eigenvalue weighted by Gasteiger charge is -2.12. The van der Waals surface area contributed by atoms with Crippen molar-refractivity contribution in [2.45, 2.75) is 27.3 Å². The highest BCUT2D eigenvalue weighted by Gasteiger charge is 2.15. The monoisotopic (exact) mass is 426 g/mol. The first-order chi connectivity index (χ1) is 15.5. The van der Waals surface area contributed by atoms with Crippen LogP contribution in [0.15, 0.2) is 77.7 Å². The number of fused-ring (bicyclic) bond motifs is 1. The van der Waals surface area contributed by atoms with Crippen molar-refractivity contribution in [3.8, 4) is 16.9 Å². The topological polar surface area (TPSA) is 64.4 Å². The number of pyridine rings is 1. The first kappa shape index (κ1) is 21.4. The van der Waals surface area contributed by atoms with Crippen molar-refractivity contribution in [2.75, 3.05) is 6.61 Å². The third-order valence-electron chi connectivity index (χ3n) is 5.30. The first-order valence-electron chi connectivity index (χ1n) is 10.7. The molecule has 0 saturated heterocycles. The molecule has 0 fully saturated rings. The number of aromatic nitrogens is 1. The van der Waals surface area contributed by atoms with Gasteiger partial charge in [-0.1, -0.05) is 35.9 Å². The zero-order chi connectivity index (χ0) is 22.5. The summed E-state index contributed by atoms with van der Waals surface area (Å²) >= 11 is 0. The Morgan fingerprint density at radius 3 is 2.72 bits per heavy atom. The maximum atomic E-state index is 12.5. The van der Waals surface area contributed by atoms with Crippen LogP contribution in [0.25, 0.3) is 27.7 Å². The Morgan fingerprint density at radius 1 is 1.19 bits per heavy atom. The van der Waals surface area contributed by atoms with Gasteiger partial charge in [0.05, 0.1) is 12.9 Å². The lowest BCUT2D eigenvalue weighted by molar-refractivity contribution is -0.116. The van der Waals surface area contributed by atoms with Gasteiger partial charge in [-0.05, 0) is 49.6 Å². The van der Waals surface area contributed by atoms with E-state index < -0.39 is 0 Å². The molecule has 1 N–H and O–H groups in total. The summed E-state index contributed by atoms with van der Waals surface area (Å²) in [4.78, 5) is 16.6. The van der Waals surface area contributed by atoms with Crippen LogP contribution in [0, 0.1) is 6.92 Å². The summed E-state index contributed by atoms with van der Waals surface area (Å²) in [5.74, 6) is 0.526. The van der Waals surface area contributed by atoms with Gasteiger partial charge < -0.3 is 14.5 Å². The summed E-state index contributed by atoms with van der Waals surface area (Å²) in [6.45, 7) is 6.86. The molecule has 0 aliphatic rings. The molecular weight excluding hydrogens is 400 g/mol. The molecule has 0 atom stereocenters. The van der Waals surface area contributed by atoms with Crippen LogP contribution >= 0.6 is 0 Å². The molecular formula is C27H26N2O3. The van der Waals surface area contributed by atoms with Crippen molar-refractivity contribution in [1.82, 2.24) is 10.3 Å². The van der Waals surface area contributed by atoms with Crippen molar-refractivity contribution >= 4 is 22.4 Å². The van der Waals surface area contributed by atoms with Gasteiger partial charge in [0.1, 0.15) is 11.3 Å². The Kier molecular flexibility index (Phi) is 6.36. The van der Waals surface area contributed by atoms with E-state index in [0.717, 1.165) is 38.8 Å². The van der Waals surface area contributed by atoms with Gasteiger partial charge in [-0.25, -0.2) is 0 Å². The minimum absolute atomic E-state index is 0.167. The normalized spacial score (nSPS) is 11.5. The van der Waals surface area contributed by atoms with Crippen molar-refractivity contribution in [3.05, 3.63) is 90.0 Å². The Balaban J connectivity index is 1.66. The zero-order valence-corrected chi connectivity index (χ0v) is 18.5. The van der Waals surface area contributed by atoms with Gasteiger partial charge >= 0.3 is 0 Å². The minimum atomic E-state index is -0.167. The molecule has 2 aromatic heterocycles. The third-order valence-corrected chi connectivity index (χ3v) is 5.30. The van der Waals surface area contributed by atoms with Crippen LogP contribution in [0.3, 0.4) is 0 Å². The van der Waals surface area contributed by atoms with Crippen LogP contribution in [0.2, 0.25) is 0 Å². The van der Waals surface area contributed by atoms with Crippen LogP contribution in [0.1, 0.15) is 30.5 Å². The minimum Gasteiger partial charge on any atom is -0.493 e. The van der Waals surface area contributed by atoms with Crippen LogP contribution in [-0.2, 0) is 11.3 Å². The van der Waals surface area contributed by atoms with Crippen LogP contribution < -0.4 is 10.1 Å². The molecule has 5 nitrogen and oxygen atoms in total. The molecule has 0 unspecified atom stereocenters. The van der Waals surface area contributed by atoms with E-state index in [1.165, 1.54) is 5.56 Å². The lowest BCUT2D eigenvalue weighted by Crippen LogP contribution is -2.20. The van der Waals surface area contributed by atoms with Gasteiger partial charge in [0.25, 0.3) is 0 Å². The van der Waals surface area contributed by atoms with Crippen LogP contribution in [0.5, 0.6) is 5.75 Å². The van der Waals surface area contributed by atoms with Crippen molar-refractivity contribution in [1.29, 1.82) is 0 Å². The molecule has 0 radical (unpaired) electrons. The Labute approximate surface area is 187 Å². The number of allylic oxidation sites excluding steroid dienone is 1. The number of amides is 1. The lowest BCUT2D eigenvalue weighted by atomic mass is 9.99. The summed E-state index contributed by atoms with van der Waals surface area (Å²) in [6.07, 6.45) is 6.82. The zero-order valence-electron chi connectivity index (χ0n) is 18.5. The molecule has 0 spiro atoms. The molecule has 162 valence electrons. The summed E-state index contributed by atoms with van der Waals surface area (Å²) in [5, 5.41) is 3.89. The van der Waals surface area contributed by atoms with Crippen molar-refractivity contribution < 1.29 is 13.9 Å². The SMILES string of the molecule is CCOc1cc2occ(-c3ccc(C)cc3)c2cc1/C(C)=C/C(=O)NCc1cccnc1. The van der Waals surface area contributed by atoms with E-state index in [4.69, 9.17) is 9.15 Å². The second kappa shape index (κ2) is 9.52. The fourth-order valence-corrected chi connectivity index (χ4v) is 3.61. The molecule has 0 aliphatic heterocycles. The number of benzene rings is 2. The largest absolute Gasteiger partial charge is 0.493 e. The smallest absolute Gasteiger partial charge is 0.244 e. The molecule has 5 heteroatoms. The summed E-state index contributed by atoms with van der Waals surface area (Å²) < 4.78 is 11.7. The quantitative estimate of drug-likeness (QED) is 0.373. The molecule has 0 bridgehead atoms. The summed E-state index contributed by atoms with van der Waals surface area (Å²) in [7, 11) is 0. The molecule has 1 amide bonds. The molecule has 4 aromatic rings. The number of rotatable bonds is 7. The van der Waals surface area contributed by atoms with E-state index in [2.05, 4.69) is 41.5 Å². The average molecular weight is 427 g/mol. The highest BCUT2D eigenvalue weighted by atomic mass is 16.5. The number of nitrogens with one attached hydrogen (secondary N) is 1. The highest BCUT2D eigenvalue weighted by molar-refractivity contribution is 6.00. The fraction of sp³-hybridized carbons (Fsp3) is 0.185. The molecule has 0 saturated carbocycles. The van der Waals surface area contributed by atoms with Gasteiger partial charge in [-0.3, -0.25) is 9.78 Å². The number of carbonyl (C=O) groups excluding carboxylic acids is 1. The Bertz CT molecular complexity index is 1260. The first-order valence-corrected chi connectivity index (χ1v) is 10.7. The standard InChI is InChI=1S/C27H26N2O3/c1-4-31-25-14-26-23(24(17-32-26)21-9-7-18(2)8-10-21)13-22(25)19(3)12-27(30)29-16-20-6-5-11-28-15-20/h5-15,17H,4,16H2,1-3H3,(H,29,30)/b19-12+. The summed E-state index contributed by atoms with van der Waals surface area (Å²) in [5.41, 5.74) is 6.68. The number of carbonyl (C=O) groups is 1. The van der Waals surface area contributed by atoms with E-state index in [-0.39, 0.29) is 5.91 Å². The van der Waals surface area contributed by atoms with Crippen LogP contribution in [0.4, 0.5) is 0 Å². The number of ether oxygens (including phenoxy) is 1. The average Bonchev–Trinajstić information content (AvgIpc) is 3.21. The number of furan rings is 1. The molecule has 2 aromatic carbocycles. The Morgan fingerprint density at radius 2 is 2.00 bits per heavy atom. The third kappa shape index (κ3) is 4.72. The Hall–Kier alpha value is -3.86. The summed E-state index contributed by atoms with van der Waals surface area (Å²) in [6, 6.07) is 16.1. The van der Waals surface area contributed by atoms with Gasteiger partial charge in [0, 0.05) is 47.6 Å². The fourth-order valence-electron chi connectivity index (χ4n) is 3.61. The number of hydrogen-bond acceptors (Lipinski definition) is 4. The van der Waals surface area contributed by atoms with E-state index in [0.29, 0.717) is 18.9 Å². The van der Waals surface area contributed by atoms with Crippen molar-refractivity contribution in [2.24, 2.45) is 0 Å².